The van der Waals surface area contributed by atoms with Crippen LogP contribution in [0.25, 0.3) is 0 Å². The van der Waals surface area contributed by atoms with Gasteiger partial charge in [0, 0.05) is 31.0 Å². The van der Waals surface area contributed by atoms with E-state index in [0.29, 0.717) is 0 Å². The fourth-order valence-electron chi connectivity index (χ4n) is 1.40. The summed E-state index contributed by atoms with van der Waals surface area (Å²) in [5.74, 6) is 0. The van der Waals surface area contributed by atoms with E-state index in [4.69, 9.17) is 0 Å². The number of hydrogen-bond donors (Lipinski definition) is 2. The molecule has 1 aromatic heterocycles. The summed E-state index contributed by atoms with van der Waals surface area (Å²) in [5, 5.41) is 12.6. The van der Waals surface area contributed by atoms with Crippen LogP contribution in [0.15, 0.2) is 18.5 Å². The number of aliphatic hydroxyl groups is 1. The predicted octanol–water partition coefficient (Wildman–Crippen LogP) is 1.76. The van der Waals surface area contributed by atoms with Crippen molar-refractivity contribution in [3.05, 3.63) is 24.0 Å². The molecule has 1 unspecified atom stereocenters. The van der Waals surface area contributed by atoms with Gasteiger partial charge in [0.2, 0.25) is 0 Å². The first-order valence-corrected chi connectivity index (χ1v) is 5.64. The monoisotopic (exact) mass is 210 g/mol. The van der Waals surface area contributed by atoms with Crippen LogP contribution >= 0.6 is 0 Å². The molecule has 0 aliphatic rings. The van der Waals surface area contributed by atoms with Crippen LogP contribution in [0, 0.1) is 0 Å². The fraction of sp³-hybridized carbons (Fsp3) is 0.667. The second kappa shape index (κ2) is 5.33. The molecular weight excluding hydrogens is 188 g/mol. The first kappa shape index (κ1) is 12.3. The van der Waals surface area contributed by atoms with E-state index in [-0.39, 0.29) is 12.1 Å². The van der Waals surface area contributed by atoms with E-state index in [2.05, 4.69) is 42.2 Å². The van der Waals surface area contributed by atoms with Gasteiger partial charge in [0.05, 0.1) is 6.61 Å². The lowest BCUT2D eigenvalue weighted by atomic mass is 10.0. The number of aromatic nitrogens is 1. The molecule has 0 aliphatic carbocycles. The Kier molecular flexibility index (Phi) is 4.36. The minimum atomic E-state index is -0.158. The molecule has 0 aromatic carbocycles. The molecule has 1 atom stereocenters. The molecule has 0 radical (unpaired) electrons. The summed E-state index contributed by atoms with van der Waals surface area (Å²) in [7, 11) is 0. The average molecular weight is 210 g/mol. The van der Waals surface area contributed by atoms with Crippen LogP contribution in [0.1, 0.15) is 32.8 Å². The highest BCUT2D eigenvalue weighted by Crippen LogP contribution is 2.10. The lowest BCUT2D eigenvalue weighted by molar-refractivity contribution is 0.169. The summed E-state index contributed by atoms with van der Waals surface area (Å²) in [6.45, 7) is 8.26. The Hall–Kier alpha value is -0.800. The van der Waals surface area contributed by atoms with E-state index in [1.165, 1.54) is 5.56 Å². The van der Waals surface area contributed by atoms with Crippen LogP contribution < -0.4 is 5.32 Å². The topological polar surface area (TPSA) is 37.2 Å². The zero-order valence-electron chi connectivity index (χ0n) is 9.95. The van der Waals surface area contributed by atoms with Gasteiger partial charge in [0.15, 0.2) is 0 Å². The van der Waals surface area contributed by atoms with Gasteiger partial charge in [-0.3, -0.25) is 0 Å². The number of hydrogen-bond acceptors (Lipinski definition) is 2. The Bertz CT molecular complexity index is 290. The lowest BCUT2D eigenvalue weighted by Gasteiger charge is -2.27. The van der Waals surface area contributed by atoms with Crippen molar-refractivity contribution >= 4 is 0 Å². The normalized spacial score (nSPS) is 15.2. The van der Waals surface area contributed by atoms with Crippen LogP contribution in [-0.4, -0.2) is 21.8 Å². The zero-order valence-corrected chi connectivity index (χ0v) is 9.95. The quantitative estimate of drug-likeness (QED) is 0.750. The van der Waals surface area contributed by atoms with E-state index >= 15 is 0 Å². The molecule has 0 bridgehead atoms. The first-order chi connectivity index (χ1) is 7.13. The van der Waals surface area contributed by atoms with Gasteiger partial charge in [0.25, 0.3) is 0 Å². The number of nitrogens with one attached hydrogen (secondary N) is 1. The van der Waals surface area contributed by atoms with E-state index in [0.717, 1.165) is 19.5 Å². The molecule has 0 fully saturated rings. The molecule has 86 valence electrons. The van der Waals surface area contributed by atoms with E-state index < -0.39 is 0 Å². The Balaban J connectivity index is 2.49. The second-order valence-electron chi connectivity index (χ2n) is 4.28. The summed E-state index contributed by atoms with van der Waals surface area (Å²) >= 11 is 0. The predicted molar refractivity (Wildman–Crippen MR) is 62.7 cm³/mol. The highest BCUT2D eigenvalue weighted by molar-refractivity contribution is 5.10. The van der Waals surface area contributed by atoms with E-state index in [9.17, 15) is 5.11 Å². The molecule has 0 spiro atoms. The van der Waals surface area contributed by atoms with Crippen LogP contribution in [0.4, 0.5) is 0 Å². The van der Waals surface area contributed by atoms with Gasteiger partial charge in [-0.15, -0.1) is 0 Å². The van der Waals surface area contributed by atoms with Gasteiger partial charge in [0.1, 0.15) is 0 Å². The van der Waals surface area contributed by atoms with Gasteiger partial charge in [-0.1, -0.05) is 6.92 Å². The Morgan fingerprint density at radius 2 is 2.20 bits per heavy atom. The first-order valence-electron chi connectivity index (χ1n) is 5.64. The fourth-order valence-corrected chi connectivity index (χ4v) is 1.40. The number of aryl methyl sites for hydroxylation is 1. The van der Waals surface area contributed by atoms with Crippen molar-refractivity contribution < 1.29 is 5.11 Å². The average Bonchev–Trinajstić information content (AvgIpc) is 2.74. The maximum Gasteiger partial charge on any atom is 0.0610 e. The van der Waals surface area contributed by atoms with Crippen molar-refractivity contribution in [1.29, 1.82) is 0 Å². The SMILES string of the molecule is CCn1ccc(CNC(C)(CC)CO)c1. The summed E-state index contributed by atoms with van der Waals surface area (Å²) in [4.78, 5) is 0. The number of rotatable bonds is 6. The molecule has 0 saturated heterocycles. The van der Waals surface area contributed by atoms with Crippen LogP contribution in [0.3, 0.4) is 0 Å². The highest BCUT2D eigenvalue weighted by atomic mass is 16.3. The standard InChI is InChI=1S/C12H22N2O/c1-4-12(3,10-15)13-8-11-6-7-14(5-2)9-11/h6-7,9,13,15H,4-5,8,10H2,1-3H3. The Labute approximate surface area is 92.1 Å². The second-order valence-corrected chi connectivity index (χ2v) is 4.28. The number of nitrogens with zero attached hydrogens (tertiary/aromatic N) is 1. The van der Waals surface area contributed by atoms with Gasteiger partial charge in [-0.05, 0) is 31.9 Å². The van der Waals surface area contributed by atoms with Crippen molar-refractivity contribution in [1.82, 2.24) is 9.88 Å². The van der Waals surface area contributed by atoms with Crippen LogP contribution in [0.2, 0.25) is 0 Å². The van der Waals surface area contributed by atoms with Crippen LogP contribution in [-0.2, 0) is 13.1 Å². The Morgan fingerprint density at radius 1 is 1.47 bits per heavy atom. The smallest absolute Gasteiger partial charge is 0.0610 e. The Morgan fingerprint density at radius 3 is 2.67 bits per heavy atom. The third kappa shape index (κ3) is 3.36. The molecule has 3 nitrogen and oxygen atoms in total. The van der Waals surface area contributed by atoms with Gasteiger partial charge in [-0.2, -0.15) is 0 Å². The summed E-state index contributed by atoms with van der Waals surface area (Å²) in [6.07, 6.45) is 5.15. The van der Waals surface area contributed by atoms with Crippen molar-refractivity contribution in [3.63, 3.8) is 0 Å². The maximum absolute atomic E-state index is 9.25. The molecule has 15 heavy (non-hydrogen) atoms. The van der Waals surface area contributed by atoms with Crippen molar-refractivity contribution in [3.8, 4) is 0 Å². The zero-order chi connectivity index (χ0) is 11.3. The van der Waals surface area contributed by atoms with Crippen molar-refractivity contribution in [2.75, 3.05) is 6.61 Å². The van der Waals surface area contributed by atoms with Gasteiger partial charge >= 0.3 is 0 Å². The minimum absolute atomic E-state index is 0.158. The molecule has 0 amide bonds. The lowest BCUT2D eigenvalue weighted by Crippen LogP contribution is -2.44. The molecule has 1 rings (SSSR count). The summed E-state index contributed by atoms with van der Waals surface area (Å²) < 4.78 is 2.15. The van der Waals surface area contributed by atoms with Crippen LogP contribution in [0.5, 0.6) is 0 Å². The minimum Gasteiger partial charge on any atom is -0.394 e. The maximum atomic E-state index is 9.25. The molecule has 1 heterocycles. The largest absolute Gasteiger partial charge is 0.394 e. The molecule has 3 heteroatoms. The third-order valence-electron chi connectivity index (χ3n) is 3.03. The summed E-state index contributed by atoms with van der Waals surface area (Å²) in [6, 6.07) is 2.12. The molecule has 2 N–H and O–H groups in total. The summed E-state index contributed by atoms with van der Waals surface area (Å²) in [5.41, 5.74) is 1.11. The van der Waals surface area contributed by atoms with Gasteiger partial charge in [-0.25, -0.2) is 0 Å². The van der Waals surface area contributed by atoms with E-state index in [1.54, 1.807) is 0 Å². The molecule has 0 saturated carbocycles. The highest BCUT2D eigenvalue weighted by Gasteiger charge is 2.19. The van der Waals surface area contributed by atoms with Crippen molar-refractivity contribution in [2.24, 2.45) is 0 Å². The van der Waals surface area contributed by atoms with Crippen molar-refractivity contribution in [2.45, 2.75) is 45.8 Å². The molecular formula is C12H22N2O. The third-order valence-corrected chi connectivity index (χ3v) is 3.03. The number of aliphatic hydroxyl groups excluding tert-OH is 1. The molecule has 1 aromatic rings. The van der Waals surface area contributed by atoms with E-state index in [1.807, 2.05) is 6.92 Å². The molecule has 0 aliphatic heterocycles. The van der Waals surface area contributed by atoms with Gasteiger partial charge < -0.3 is 15.0 Å².